The van der Waals surface area contributed by atoms with Crippen LogP contribution in [-0.4, -0.2) is 20.8 Å². The number of nitrogens with zero attached hydrogens (tertiary/aromatic N) is 3. The second-order valence-electron chi connectivity index (χ2n) is 3.44. The van der Waals surface area contributed by atoms with E-state index in [1.165, 1.54) is 17.7 Å². The Balaban J connectivity index is 2.58. The number of rotatable bonds is 2. The van der Waals surface area contributed by atoms with Gasteiger partial charge in [-0.2, -0.15) is 0 Å². The summed E-state index contributed by atoms with van der Waals surface area (Å²) in [7, 11) is 0. The van der Waals surface area contributed by atoms with E-state index in [1.807, 2.05) is 0 Å². The standard InChI is InChI=1S/C11H10FN3O/c1-7-11(8(2)16)13-14-15(7)10-6-4-3-5-9(10)12/h3-6H,1-2H3. The van der Waals surface area contributed by atoms with Crippen molar-refractivity contribution >= 4 is 5.78 Å². The lowest BCUT2D eigenvalue weighted by Crippen LogP contribution is -2.03. The first-order chi connectivity index (χ1) is 7.61. The van der Waals surface area contributed by atoms with Crippen LogP contribution in [0.3, 0.4) is 0 Å². The summed E-state index contributed by atoms with van der Waals surface area (Å²) in [4.78, 5) is 11.2. The molecule has 0 spiro atoms. The highest BCUT2D eigenvalue weighted by atomic mass is 19.1. The van der Waals surface area contributed by atoms with Crippen LogP contribution in [-0.2, 0) is 0 Å². The highest BCUT2D eigenvalue weighted by Gasteiger charge is 2.15. The van der Waals surface area contributed by atoms with E-state index in [0.717, 1.165) is 0 Å². The molecule has 5 heteroatoms. The molecule has 0 aliphatic carbocycles. The van der Waals surface area contributed by atoms with E-state index in [4.69, 9.17) is 0 Å². The molecule has 82 valence electrons. The van der Waals surface area contributed by atoms with Crippen LogP contribution in [0.25, 0.3) is 5.69 Å². The zero-order valence-electron chi connectivity index (χ0n) is 8.94. The summed E-state index contributed by atoms with van der Waals surface area (Å²) in [6.45, 7) is 3.09. The van der Waals surface area contributed by atoms with Crippen LogP contribution >= 0.6 is 0 Å². The van der Waals surface area contributed by atoms with Gasteiger partial charge in [-0.1, -0.05) is 17.3 Å². The molecule has 0 N–H and O–H groups in total. The van der Waals surface area contributed by atoms with Gasteiger partial charge in [-0.15, -0.1) is 5.10 Å². The maximum Gasteiger partial charge on any atom is 0.181 e. The summed E-state index contributed by atoms with van der Waals surface area (Å²) < 4.78 is 14.8. The molecule has 2 rings (SSSR count). The van der Waals surface area contributed by atoms with Crippen molar-refractivity contribution in [2.75, 3.05) is 0 Å². The Hall–Kier alpha value is -2.04. The molecule has 0 saturated carbocycles. The number of para-hydroxylation sites is 1. The third-order valence-electron chi connectivity index (χ3n) is 2.31. The van der Waals surface area contributed by atoms with Gasteiger partial charge in [0, 0.05) is 6.92 Å². The summed E-state index contributed by atoms with van der Waals surface area (Å²) in [6.07, 6.45) is 0. The van der Waals surface area contributed by atoms with Crippen LogP contribution in [0.15, 0.2) is 24.3 Å². The molecule has 0 saturated heterocycles. The predicted molar refractivity (Wildman–Crippen MR) is 56.1 cm³/mol. The fraction of sp³-hybridized carbons (Fsp3) is 0.182. The molecule has 16 heavy (non-hydrogen) atoms. The minimum absolute atomic E-state index is 0.180. The fourth-order valence-corrected chi connectivity index (χ4v) is 1.51. The topological polar surface area (TPSA) is 47.8 Å². The highest BCUT2D eigenvalue weighted by molar-refractivity contribution is 5.93. The lowest BCUT2D eigenvalue weighted by Gasteiger charge is -2.03. The lowest BCUT2D eigenvalue weighted by atomic mass is 10.2. The van der Waals surface area contributed by atoms with Gasteiger partial charge in [0.15, 0.2) is 11.5 Å². The normalized spacial score (nSPS) is 10.4. The molecule has 2 aromatic rings. The zero-order valence-corrected chi connectivity index (χ0v) is 8.94. The van der Waals surface area contributed by atoms with Crippen molar-refractivity contribution in [3.63, 3.8) is 0 Å². The lowest BCUT2D eigenvalue weighted by molar-refractivity contribution is 0.101. The molecule has 0 atom stereocenters. The predicted octanol–water partition coefficient (Wildman–Crippen LogP) is 1.92. The Bertz CT molecular complexity index is 548. The SMILES string of the molecule is CC(=O)c1nnn(-c2ccccc2F)c1C. The monoisotopic (exact) mass is 219 g/mol. The average molecular weight is 219 g/mol. The van der Waals surface area contributed by atoms with Crippen molar-refractivity contribution < 1.29 is 9.18 Å². The molecular formula is C11H10FN3O. The number of carbonyl (C=O) groups is 1. The maximum atomic E-state index is 13.5. The molecule has 0 fully saturated rings. The first-order valence-corrected chi connectivity index (χ1v) is 4.79. The minimum Gasteiger partial charge on any atom is -0.293 e. The summed E-state index contributed by atoms with van der Waals surface area (Å²) in [5.74, 6) is -0.578. The van der Waals surface area contributed by atoms with E-state index in [9.17, 15) is 9.18 Å². The first kappa shape index (κ1) is 10.5. The summed E-state index contributed by atoms with van der Waals surface area (Å²) in [6, 6.07) is 6.22. The Kier molecular flexibility index (Phi) is 2.52. The molecule has 0 aliphatic heterocycles. The first-order valence-electron chi connectivity index (χ1n) is 4.79. The number of halogens is 1. The van der Waals surface area contributed by atoms with E-state index in [2.05, 4.69) is 10.3 Å². The third kappa shape index (κ3) is 1.60. The molecule has 0 unspecified atom stereocenters. The van der Waals surface area contributed by atoms with Crippen LogP contribution in [0.2, 0.25) is 0 Å². The maximum absolute atomic E-state index is 13.5. The van der Waals surface area contributed by atoms with Gasteiger partial charge in [0.2, 0.25) is 0 Å². The molecule has 1 aromatic carbocycles. The Morgan fingerprint density at radius 1 is 1.38 bits per heavy atom. The molecule has 0 aliphatic rings. The van der Waals surface area contributed by atoms with Crippen molar-refractivity contribution in [2.24, 2.45) is 0 Å². The van der Waals surface area contributed by atoms with Gasteiger partial charge in [-0.25, -0.2) is 9.07 Å². The number of hydrogen-bond acceptors (Lipinski definition) is 3. The molecule has 0 amide bonds. The summed E-state index contributed by atoms with van der Waals surface area (Å²) in [5, 5.41) is 7.50. The fourth-order valence-electron chi connectivity index (χ4n) is 1.51. The molecule has 0 bridgehead atoms. The van der Waals surface area contributed by atoms with Gasteiger partial charge in [0.05, 0.1) is 5.69 Å². The van der Waals surface area contributed by atoms with E-state index in [0.29, 0.717) is 11.4 Å². The smallest absolute Gasteiger partial charge is 0.181 e. The van der Waals surface area contributed by atoms with Crippen LogP contribution in [0.5, 0.6) is 0 Å². The third-order valence-corrected chi connectivity index (χ3v) is 2.31. The highest BCUT2D eigenvalue weighted by Crippen LogP contribution is 2.15. The molecular weight excluding hydrogens is 209 g/mol. The van der Waals surface area contributed by atoms with Crippen molar-refractivity contribution in [3.05, 3.63) is 41.5 Å². The quantitative estimate of drug-likeness (QED) is 0.725. The van der Waals surface area contributed by atoms with E-state index < -0.39 is 5.82 Å². The second-order valence-corrected chi connectivity index (χ2v) is 3.44. The van der Waals surface area contributed by atoms with E-state index in [1.54, 1.807) is 25.1 Å². The molecule has 0 radical (unpaired) electrons. The van der Waals surface area contributed by atoms with Crippen molar-refractivity contribution in [2.45, 2.75) is 13.8 Å². The van der Waals surface area contributed by atoms with Crippen LogP contribution in [0.4, 0.5) is 4.39 Å². The second kappa shape index (κ2) is 3.84. The summed E-state index contributed by atoms with van der Waals surface area (Å²) >= 11 is 0. The van der Waals surface area contributed by atoms with Gasteiger partial charge in [-0.05, 0) is 19.1 Å². The van der Waals surface area contributed by atoms with Crippen molar-refractivity contribution in [1.29, 1.82) is 0 Å². The van der Waals surface area contributed by atoms with Crippen LogP contribution < -0.4 is 0 Å². The van der Waals surface area contributed by atoms with Gasteiger partial charge in [0.1, 0.15) is 11.5 Å². The van der Waals surface area contributed by atoms with E-state index >= 15 is 0 Å². The zero-order chi connectivity index (χ0) is 11.7. The summed E-state index contributed by atoms with van der Waals surface area (Å²) in [5.41, 5.74) is 1.10. The van der Waals surface area contributed by atoms with Gasteiger partial charge in [0.25, 0.3) is 0 Å². The Morgan fingerprint density at radius 3 is 2.62 bits per heavy atom. The number of carbonyl (C=O) groups excluding carboxylic acids is 1. The number of hydrogen-bond donors (Lipinski definition) is 0. The molecule has 4 nitrogen and oxygen atoms in total. The van der Waals surface area contributed by atoms with Crippen LogP contribution in [0.1, 0.15) is 23.1 Å². The van der Waals surface area contributed by atoms with Crippen molar-refractivity contribution in [1.82, 2.24) is 15.0 Å². The van der Waals surface area contributed by atoms with Gasteiger partial charge >= 0.3 is 0 Å². The number of ketones is 1. The minimum atomic E-state index is -0.398. The molecule has 1 aromatic heterocycles. The number of aromatic nitrogens is 3. The average Bonchev–Trinajstić information content (AvgIpc) is 2.61. The largest absolute Gasteiger partial charge is 0.293 e. The number of Topliss-reactive ketones (excluding diaryl/α,β-unsaturated/α-hetero) is 1. The van der Waals surface area contributed by atoms with Gasteiger partial charge < -0.3 is 0 Å². The Labute approximate surface area is 91.7 Å². The number of benzene rings is 1. The van der Waals surface area contributed by atoms with Gasteiger partial charge in [-0.3, -0.25) is 4.79 Å². The van der Waals surface area contributed by atoms with Crippen LogP contribution in [0, 0.1) is 12.7 Å². The Morgan fingerprint density at radius 2 is 2.06 bits per heavy atom. The molecule has 1 heterocycles. The van der Waals surface area contributed by atoms with E-state index in [-0.39, 0.29) is 11.5 Å². The van der Waals surface area contributed by atoms with Crippen molar-refractivity contribution in [3.8, 4) is 5.69 Å².